The van der Waals surface area contributed by atoms with Gasteiger partial charge in [-0.25, -0.2) is 0 Å². The van der Waals surface area contributed by atoms with Gasteiger partial charge in [-0.3, -0.25) is 9.13 Å². The molecule has 5 rings (SSSR count). The van der Waals surface area contributed by atoms with Crippen molar-refractivity contribution in [2.45, 2.75) is 13.1 Å². The Morgan fingerprint density at radius 2 is 0.941 bits per heavy atom. The lowest BCUT2D eigenvalue weighted by molar-refractivity contribution is -0.302. The average molecular weight is 461 g/mol. The molecule has 0 saturated carbocycles. The lowest BCUT2D eigenvalue weighted by Gasteiger charge is -2.08. The summed E-state index contributed by atoms with van der Waals surface area (Å²) >= 11 is 0. The first kappa shape index (κ1) is 22.0. The molecule has 12 N–H and O–H groups in total. The van der Waals surface area contributed by atoms with Gasteiger partial charge in [-0.05, 0) is 47.5 Å². The van der Waals surface area contributed by atoms with Crippen LogP contribution < -0.4 is 32.4 Å². The Labute approximate surface area is 197 Å². The molecule has 0 aliphatic carbocycles. The minimum absolute atomic E-state index is 0.705. The van der Waals surface area contributed by atoms with Crippen LogP contribution in [0.25, 0.3) is 21.8 Å². The van der Waals surface area contributed by atoms with Gasteiger partial charge < -0.3 is 32.4 Å². The number of benzene rings is 3. The molecule has 8 nitrogen and oxygen atoms in total. The van der Waals surface area contributed by atoms with E-state index < -0.39 is 0 Å². The molecule has 0 saturated heterocycles. The molecule has 0 spiro atoms. The second-order valence-corrected chi connectivity index (χ2v) is 8.61. The third kappa shape index (κ3) is 3.59. The van der Waals surface area contributed by atoms with Gasteiger partial charge in [0.2, 0.25) is 11.4 Å². The van der Waals surface area contributed by atoms with Crippen LogP contribution in [0.5, 0.6) is 11.5 Å². The summed E-state index contributed by atoms with van der Waals surface area (Å²) in [6.45, 7) is 1.41. The molecule has 2 heterocycles. The van der Waals surface area contributed by atoms with Crippen LogP contribution in [0.3, 0.4) is 0 Å². The Morgan fingerprint density at radius 3 is 1.26 bits per heavy atom. The third-order valence-electron chi connectivity index (χ3n) is 6.69. The molecule has 2 aromatic heterocycles. The number of rotatable bonds is 6. The Hall–Kier alpha value is -3.82. The van der Waals surface area contributed by atoms with E-state index in [0.717, 1.165) is 56.3 Å². The monoisotopic (exact) mass is 460 g/mol. The summed E-state index contributed by atoms with van der Waals surface area (Å²) in [5.41, 5.74) is 23.8. The number of hydrogen-bond acceptors (Lipinski definition) is 2. The topological polar surface area (TPSA) is 139 Å². The molecule has 0 aliphatic heterocycles. The van der Waals surface area contributed by atoms with E-state index in [1.807, 2.05) is 24.3 Å². The molecule has 34 heavy (non-hydrogen) atoms. The fourth-order valence-corrected chi connectivity index (χ4v) is 4.62. The molecular weight excluding hydrogens is 428 g/mol. The number of quaternary nitrogens is 4. The van der Waals surface area contributed by atoms with Gasteiger partial charge in [0, 0.05) is 0 Å². The van der Waals surface area contributed by atoms with Gasteiger partial charge in [0.15, 0.2) is 0 Å². The molecule has 0 radical (unpaired) electrons. The summed E-state index contributed by atoms with van der Waals surface area (Å²) in [5.74, 6) is 3.53. The largest absolute Gasteiger partial charge is 0.497 e. The first-order valence-corrected chi connectivity index (χ1v) is 11.2. The smallest absolute Gasteiger partial charge is 0.266 e. The number of fused-ring (bicyclic) bond motifs is 2. The van der Waals surface area contributed by atoms with Crippen molar-refractivity contribution < 1.29 is 32.4 Å². The number of hydrogen-bond donors (Lipinski definition) is 4. The van der Waals surface area contributed by atoms with Crippen molar-refractivity contribution in [3.63, 3.8) is 0 Å². The van der Waals surface area contributed by atoms with Crippen molar-refractivity contribution in [3.8, 4) is 11.5 Å². The lowest BCUT2D eigenvalue weighted by atomic mass is 10.1. The maximum absolute atomic E-state index is 5.30. The van der Waals surface area contributed by atoms with E-state index in [-0.39, 0.29) is 0 Å². The van der Waals surface area contributed by atoms with E-state index in [1.165, 1.54) is 11.1 Å². The zero-order valence-electron chi connectivity index (χ0n) is 19.7. The van der Waals surface area contributed by atoms with Crippen LogP contribution in [0.2, 0.25) is 0 Å². The number of aromatic nitrogens is 2. The SMILES string of the molecule is COc1ccc(Cn2c([NH3+])c([NH3+])c3cc4c(cc32)c([NH3+])c([NH3+])n4Cc2ccc(OC)cc2)cc1. The van der Waals surface area contributed by atoms with Gasteiger partial charge in [0.1, 0.15) is 11.5 Å². The first-order chi connectivity index (χ1) is 16.4. The van der Waals surface area contributed by atoms with Crippen LogP contribution >= 0.6 is 0 Å². The van der Waals surface area contributed by atoms with Gasteiger partial charge in [-0.1, -0.05) is 24.3 Å². The minimum Gasteiger partial charge on any atom is -0.497 e. The standard InChI is InChI=1S/C26H28N6O2/c1-33-17-7-3-15(4-8-17)13-31-21-11-20-22(12-19(21)23(27)25(31)29)32(26(30)24(20)28)14-16-5-9-18(34-2)10-6-16/h3-12H,13-14,27-30H2,1-2H3/p+4. The van der Waals surface area contributed by atoms with E-state index in [2.05, 4.69) is 68.5 Å². The van der Waals surface area contributed by atoms with E-state index in [1.54, 1.807) is 14.2 Å². The summed E-state index contributed by atoms with van der Waals surface area (Å²) in [6.07, 6.45) is 0. The minimum atomic E-state index is 0.705. The Balaban J connectivity index is 1.61. The zero-order valence-corrected chi connectivity index (χ0v) is 19.7. The van der Waals surface area contributed by atoms with Crippen molar-refractivity contribution in [1.29, 1.82) is 0 Å². The number of ether oxygens (including phenoxy) is 2. The third-order valence-corrected chi connectivity index (χ3v) is 6.69. The highest BCUT2D eigenvalue weighted by Gasteiger charge is 2.25. The maximum atomic E-state index is 5.30. The molecular formula is C26H32N6O2+4. The van der Waals surface area contributed by atoms with Gasteiger partial charge in [0.05, 0.1) is 49.1 Å². The molecule has 8 heteroatoms. The van der Waals surface area contributed by atoms with E-state index in [0.29, 0.717) is 13.1 Å². The van der Waals surface area contributed by atoms with Crippen LogP contribution in [0.4, 0.5) is 23.0 Å². The predicted molar refractivity (Wildman–Crippen MR) is 132 cm³/mol. The second-order valence-electron chi connectivity index (χ2n) is 8.61. The van der Waals surface area contributed by atoms with Crippen molar-refractivity contribution >= 4 is 44.8 Å². The molecule has 3 aromatic carbocycles. The van der Waals surface area contributed by atoms with Gasteiger partial charge in [-0.2, -0.15) is 0 Å². The van der Waals surface area contributed by atoms with Crippen molar-refractivity contribution in [2.24, 2.45) is 0 Å². The summed E-state index contributed by atoms with van der Waals surface area (Å²) < 4.78 is 15.0. The molecule has 0 bridgehead atoms. The van der Waals surface area contributed by atoms with Crippen molar-refractivity contribution in [3.05, 3.63) is 71.8 Å². The highest BCUT2D eigenvalue weighted by Crippen LogP contribution is 2.37. The molecule has 0 unspecified atom stereocenters. The van der Waals surface area contributed by atoms with Crippen molar-refractivity contribution in [1.82, 2.24) is 9.13 Å². The van der Waals surface area contributed by atoms with Crippen LogP contribution in [-0.2, 0) is 13.1 Å². The van der Waals surface area contributed by atoms with Gasteiger partial charge in [-0.15, -0.1) is 0 Å². The maximum Gasteiger partial charge on any atom is 0.266 e. The second kappa shape index (κ2) is 8.51. The molecule has 0 atom stereocenters. The fourth-order valence-electron chi connectivity index (χ4n) is 4.62. The summed E-state index contributed by atoms with van der Waals surface area (Å²) in [6, 6.07) is 20.7. The molecule has 0 aliphatic rings. The van der Waals surface area contributed by atoms with Gasteiger partial charge >= 0.3 is 0 Å². The lowest BCUT2D eigenvalue weighted by Crippen LogP contribution is -2.50. The van der Waals surface area contributed by atoms with Crippen LogP contribution in [-0.4, -0.2) is 23.4 Å². The summed E-state index contributed by atoms with van der Waals surface area (Å²) in [7, 11) is 3.35. The van der Waals surface area contributed by atoms with Crippen LogP contribution in [0, 0.1) is 0 Å². The Morgan fingerprint density at radius 1 is 0.588 bits per heavy atom. The first-order valence-electron chi connectivity index (χ1n) is 11.2. The Kier molecular flexibility index (Phi) is 5.51. The van der Waals surface area contributed by atoms with E-state index >= 15 is 0 Å². The zero-order chi connectivity index (χ0) is 24.0. The Bertz CT molecular complexity index is 1380. The average Bonchev–Trinajstić information content (AvgIpc) is 3.24. The van der Waals surface area contributed by atoms with E-state index in [4.69, 9.17) is 9.47 Å². The highest BCUT2D eigenvalue weighted by molar-refractivity contribution is 6.07. The highest BCUT2D eigenvalue weighted by atomic mass is 16.5. The summed E-state index contributed by atoms with van der Waals surface area (Å²) in [4.78, 5) is 0. The molecule has 0 amide bonds. The van der Waals surface area contributed by atoms with Crippen LogP contribution in [0.1, 0.15) is 11.1 Å². The molecule has 0 fully saturated rings. The van der Waals surface area contributed by atoms with Crippen molar-refractivity contribution in [2.75, 3.05) is 14.2 Å². The van der Waals surface area contributed by atoms with Gasteiger partial charge in [0.25, 0.3) is 11.6 Å². The predicted octanol–water partition coefficient (Wildman–Crippen LogP) is 1.20. The molecule has 5 aromatic rings. The quantitative estimate of drug-likeness (QED) is 0.303. The molecule has 174 valence electrons. The number of nitrogens with zero attached hydrogens (tertiary/aromatic N) is 2. The number of methoxy groups -OCH3 is 2. The van der Waals surface area contributed by atoms with E-state index in [9.17, 15) is 0 Å². The van der Waals surface area contributed by atoms with Crippen LogP contribution in [0.15, 0.2) is 60.7 Å². The summed E-state index contributed by atoms with van der Waals surface area (Å²) in [5, 5.41) is 2.19. The fraction of sp³-hybridized carbons (Fsp3) is 0.154. The normalized spacial score (nSPS) is 11.5.